The number of carbonyl (C=O) groups excluding carboxylic acids is 2. The minimum absolute atomic E-state index is 0. The van der Waals surface area contributed by atoms with Crippen molar-refractivity contribution in [3.05, 3.63) is 139 Å². The normalized spacial score (nSPS) is 11.1. The lowest BCUT2D eigenvalue weighted by molar-refractivity contribution is 0.0320. The van der Waals surface area contributed by atoms with Crippen LogP contribution in [0.3, 0.4) is 0 Å². The molecule has 0 unspecified atom stereocenters. The van der Waals surface area contributed by atoms with Gasteiger partial charge in [0, 0.05) is 56.7 Å². The molecule has 8 rings (SSSR count). The van der Waals surface area contributed by atoms with Crippen molar-refractivity contribution in [2.75, 3.05) is 68.8 Å². The van der Waals surface area contributed by atoms with E-state index in [-0.39, 0.29) is 135 Å². The van der Waals surface area contributed by atoms with Gasteiger partial charge in [-0.2, -0.15) is 0 Å². The predicted molar refractivity (Wildman–Crippen MR) is 365 cm³/mol. The first-order valence-corrected chi connectivity index (χ1v) is 36.1. The number of carbonyl (C=O) groups is 2. The van der Waals surface area contributed by atoms with Crippen molar-refractivity contribution < 1.29 is 75.8 Å². The fraction of sp³-hybridized carbons (Fsp3) is 0.429. The van der Waals surface area contributed by atoms with Gasteiger partial charge in [-0.05, 0) is 111 Å². The van der Waals surface area contributed by atoms with Crippen LogP contribution in [-0.4, -0.2) is 133 Å². The number of halogens is 1. The summed E-state index contributed by atoms with van der Waals surface area (Å²) in [6.45, 7) is 24.1. The standard InChI is InChI=1S/C30H36N2O9Si.C17H23BO6Si.C13H15IN2O5.3CH4/c1-17-11-22-27(25(18(17)2)30(35)38-9-10-42(6,7)8)28(33)20(14-39-22)26-19(3)31-24-12-21(40-15-36-4)23(41-16-37-5)13-32(24)29(26)34;1-10-8-13-15(16(19)12(9-24-13)18(21)22)14(11(10)2)17(20)23-6-7-25(3,4)5;1-8-12(14)13(17)16-5-10(21-7-19-3)9(20-6-18-2)4-11(16)15-8;;;/h11-14H,9-10,15-16H2,1-8H3;8-9,21-22H,6-7H2,1-5H3;4-5H,6-7H2,1-3H3;3*1H4. The molecule has 0 bridgehead atoms. The number of rotatable bonds is 22. The number of fused-ring (bicyclic) bond motifs is 4. The Morgan fingerprint density at radius 2 is 0.945 bits per heavy atom. The lowest BCUT2D eigenvalue weighted by Crippen LogP contribution is -2.41. The highest BCUT2D eigenvalue weighted by Gasteiger charge is 2.28. The van der Waals surface area contributed by atoms with Crippen LogP contribution in [0.15, 0.2) is 77.2 Å². The van der Waals surface area contributed by atoms with Gasteiger partial charge >= 0.3 is 19.1 Å². The van der Waals surface area contributed by atoms with Gasteiger partial charge in [0.15, 0.2) is 55.6 Å². The van der Waals surface area contributed by atoms with Gasteiger partial charge in [-0.3, -0.25) is 28.0 Å². The number of nitrogens with zero attached hydrogens (tertiary/aromatic N) is 4. The monoisotopic (exact) mass is 1410 g/mol. The average Bonchev–Trinajstić information content (AvgIpc) is 0.779. The minimum atomic E-state index is -1.97. The maximum absolute atomic E-state index is 14.1. The smallest absolute Gasteiger partial charge is 0.464 e. The molecule has 0 atom stereocenters. The fourth-order valence-corrected chi connectivity index (χ4v) is 10.5. The first kappa shape index (κ1) is 78.0. The van der Waals surface area contributed by atoms with E-state index in [1.165, 1.54) is 62.0 Å². The van der Waals surface area contributed by atoms with Crippen molar-refractivity contribution in [3.8, 4) is 34.1 Å². The van der Waals surface area contributed by atoms with Crippen molar-refractivity contribution in [1.29, 1.82) is 0 Å². The quantitative estimate of drug-likeness (QED) is 0.0276. The number of esters is 2. The summed E-state index contributed by atoms with van der Waals surface area (Å²) in [4.78, 5) is 87.7. The molecular weight excluding hydrogens is 1330 g/mol. The summed E-state index contributed by atoms with van der Waals surface area (Å²) < 4.78 is 67.3. The summed E-state index contributed by atoms with van der Waals surface area (Å²) in [5, 5.41) is 18.7. The van der Waals surface area contributed by atoms with Crippen LogP contribution in [0, 0.1) is 45.1 Å². The molecule has 0 radical (unpaired) electrons. The van der Waals surface area contributed by atoms with Gasteiger partial charge in [0.2, 0.25) is 5.43 Å². The third-order valence-corrected chi connectivity index (χ3v) is 18.4. The van der Waals surface area contributed by atoms with E-state index in [1.54, 1.807) is 45.9 Å². The Hall–Kier alpha value is -7.29. The Morgan fingerprint density at radius 1 is 0.560 bits per heavy atom. The number of aryl methyl sites for hydroxylation is 4. The topological polar surface area (TPSA) is 296 Å². The second kappa shape index (κ2) is 33.9. The summed E-state index contributed by atoms with van der Waals surface area (Å²) in [6.07, 6.45) is 5.19. The number of aromatic nitrogens is 4. The fourth-order valence-electron chi connectivity index (χ4n) is 8.68. The molecule has 496 valence electrons. The van der Waals surface area contributed by atoms with Crippen molar-refractivity contribution >= 4 is 96.5 Å². The highest BCUT2D eigenvalue weighted by Crippen LogP contribution is 2.32. The summed E-state index contributed by atoms with van der Waals surface area (Å²) >= 11 is 1.98. The molecule has 2 aromatic carbocycles. The molecule has 91 heavy (non-hydrogen) atoms. The van der Waals surface area contributed by atoms with E-state index in [0.29, 0.717) is 43.3 Å². The van der Waals surface area contributed by atoms with Crippen molar-refractivity contribution in [3.63, 3.8) is 0 Å². The highest BCUT2D eigenvalue weighted by molar-refractivity contribution is 14.1. The van der Waals surface area contributed by atoms with Crippen molar-refractivity contribution in [2.45, 2.75) is 115 Å². The van der Waals surface area contributed by atoms with Crippen molar-refractivity contribution in [2.24, 2.45) is 0 Å². The molecule has 6 heterocycles. The Kier molecular flexibility index (Phi) is 29.0. The minimum Gasteiger partial charge on any atom is -0.464 e. The summed E-state index contributed by atoms with van der Waals surface area (Å²) in [5.74, 6) is 0.117. The third kappa shape index (κ3) is 18.9. The van der Waals surface area contributed by atoms with Gasteiger partial charge in [0.1, 0.15) is 32.3 Å². The van der Waals surface area contributed by atoms with Gasteiger partial charge in [0.25, 0.3) is 11.1 Å². The molecule has 0 saturated carbocycles. The molecule has 0 aliphatic carbocycles. The molecule has 24 nitrogen and oxygen atoms in total. The van der Waals surface area contributed by atoms with Gasteiger partial charge in [0.05, 0.1) is 81.7 Å². The first-order chi connectivity index (χ1) is 41.5. The van der Waals surface area contributed by atoms with E-state index in [9.17, 15) is 38.8 Å². The molecular formula is C63H86BIN4O20Si2. The molecule has 28 heteroatoms. The summed E-state index contributed by atoms with van der Waals surface area (Å²) in [7, 11) is 1.18. The predicted octanol–water partition coefficient (Wildman–Crippen LogP) is 9.92. The highest BCUT2D eigenvalue weighted by atomic mass is 127. The van der Waals surface area contributed by atoms with Crippen LogP contribution in [0.4, 0.5) is 0 Å². The largest absolute Gasteiger partial charge is 0.495 e. The lowest BCUT2D eigenvalue weighted by Gasteiger charge is -2.17. The lowest BCUT2D eigenvalue weighted by atomic mass is 9.80. The Balaban J connectivity index is 0.000000378. The third-order valence-electron chi connectivity index (χ3n) is 13.7. The number of ether oxygens (including phenoxy) is 10. The molecule has 0 amide bonds. The Labute approximate surface area is 544 Å². The number of benzene rings is 2. The molecule has 0 aliphatic heterocycles. The average molecular weight is 1410 g/mol. The molecule has 0 fully saturated rings. The molecule has 0 spiro atoms. The molecule has 0 saturated heterocycles. The van der Waals surface area contributed by atoms with Gasteiger partial charge in [-0.25, -0.2) is 19.6 Å². The van der Waals surface area contributed by atoms with Gasteiger partial charge < -0.3 is 66.3 Å². The molecule has 6 aromatic heterocycles. The van der Waals surface area contributed by atoms with E-state index in [4.69, 9.17) is 56.2 Å². The van der Waals surface area contributed by atoms with E-state index < -0.39 is 51.6 Å². The first-order valence-electron chi connectivity index (χ1n) is 27.6. The molecule has 8 aromatic rings. The van der Waals surface area contributed by atoms with Crippen LogP contribution < -0.4 is 46.4 Å². The zero-order valence-corrected chi connectivity index (χ0v) is 56.4. The zero-order chi connectivity index (χ0) is 65.1. The van der Waals surface area contributed by atoms with E-state index in [0.717, 1.165) is 29.5 Å². The number of pyridine rings is 2. The number of methoxy groups -OCH3 is 4. The van der Waals surface area contributed by atoms with E-state index in [1.807, 2.05) is 36.4 Å². The number of hydrogen-bond donors (Lipinski definition) is 2. The Morgan fingerprint density at radius 3 is 1.35 bits per heavy atom. The van der Waals surface area contributed by atoms with Crippen LogP contribution in [0.2, 0.25) is 51.4 Å². The number of hydrogen-bond acceptors (Lipinski definition) is 22. The summed E-state index contributed by atoms with van der Waals surface area (Å²) in [5.41, 5.74) is 3.02. The second-order valence-electron chi connectivity index (χ2n) is 22.8. The van der Waals surface area contributed by atoms with Gasteiger partial charge in [-0.1, -0.05) is 61.6 Å². The van der Waals surface area contributed by atoms with Crippen LogP contribution in [0.25, 0.3) is 44.4 Å². The van der Waals surface area contributed by atoms with E-state index in [2.05, 4.69) is 49.3 Å². The van der Waals surface area contributed by atoms with Gasteiger partial charge in [-0.15, -0.1) is 0 Å². The van der Waals surface area contributed by atoms with Crippen LogP contribution in [-0.2, 0) is 28.4 Å². The second-order valence-corrected chi connectivity index (χ2v) is 35.1. The molecule has 0 aliphatic rings. The molecule has 2 N–H and O–H groups in total. The van der Waals surface area contributed by atoms with Crippen LogP contribution in [0.1, 0.15) is 76.6 Å². The van der Waals surface area contributed by atoms with Crippen LogP contribution in [0.5, 0.6) is 23.0 Å². The zero-order valence-electron chi connectivity index (χ0n) is 52.3. The van der Waals surface area contributed by atoms with E-state index >= 15 is 0 Å². The van der Waals surface area contributed by atoms with Crippen molar-refractivity contribution in [1.82, 2.24) is 18.8 Å². The maximum Gasteiger partial charge on any atom is 0.495 e. The van der Waals surface area contributed by atoms with Crippen LogP contribution >= 0.6 is 22.6 Å². The summed E-state index contributed by atoms with van der Waals surface area (Å²) in [6, 6.07) is 8.12. The Bertz CT molecular complexity index is 4140. The maximum atomic E-state index is 14.1. The SMILES string of the molecule is C.C.C.COCOc1cc2nc(C)c(-c3coc4cc(C)c(C)c(C(=O)OCC[Si](C)(C)C)c4c3=O)c(=O)n2cc1OCOC.COCOc1cc2nc(C)c(I)c(=O)n2cc1OCOC.Cc1cc2occ(B(O)O)c(=O)c2c(C(=O)OCC[Si](C)(C)C)c1C.